The van der Waals surface area contributed by atoms with Crippen LogP contribution in [-0.4, -0.2) is 60.5 Å². The van der Waals surface area contributed by atoms with Crippen LogP contribution in [0, 0.1) is 6.92 Å². The molecule has 3 aromatic rings. The van der Waals surface area contributed by atoms with Gasteiger partial charge in [-0.25, -0.2) is 9.78 Å². The van der Waals surface area contributed by atoms with Crippen molar-refractivity contribution in [2.45, 2.75) is 20.0 Å². The number of oxazole rings is 1. The molecule has 1 saturated heterocycles. The molecule has 1 aromatic heterocycles. The molecule has 0 unspecified atom stereocenters. The Bertz CT molecular complexity index is 1120. The quantitative estimate of drug-likeness (QED) is 0.512. The molecule has 1 amide bonds. The van der Waals surface area contributed by atoms with E-state index >= 15 is 0 Å². The van der Waals surface area contributed by atoms with Gasteiger partial charge in [-0.05, 0) is 48.9 Å². The van der Waals surface area contributed by atoms with E-state index in [0.29, 0.717) is 37.6 Å². The van der Waals surface area contributed by atoms with Crippen LogP contribution in [0.1, 0.15) is 27.4 Å². The van der Waals surface area contributed by atoms with E-state index in [2.05, 4.69) is 9.88 Å². The van der Waals surface area contributed by atoms with Crippen LogP contribution < -0.4 is 4.74 Å². The van der Waals surface area contributed by atoms with E-state index in [1.54, 1.807) is 31.4 Å². The minimum Gasteiger partial charge on any atom is -0.497 e. The van der Waals surface area contributed by atoms with Gasteiger partial charge < -0.3 is 18.8 Å². The number of benzene rings is 2. The Balaban J connectivity index is 1.36. The summed E-state index contributed by atoms with van der Waals surface area (Å²) in [6.07, 6.45) is 0. The predicted molar refractivity (Wildman–Crippen MR) is 122 cm³/mol. The standard InChI is InChI=1S/C25H27N3O5/c1-17-22(26-24(33-17)19-6-8-20(9-7-19)25(30)32-3)15-27-12-13-28(23(29)16-27)14-18-4-10-21(31-2)11-5-18/h4-11H,12-16H2,1-3H3. The molecule has 0 radical (unpaired) electrons. The fourth-order valence-corrected chi connectivity index (χ4v) is 3.79. The smallest absolute Gasteiger partial charge is 0.337 e. The number of amides is 1. The number of carbonyl (C=O) groups is 2. The largest absolute Gasteiger partial charge is 0.497 e. The van der Waals surface area contributed by atoms with Crippen LogP contribution in [-0.2, 0) is 22.6 Å². The van der Waals surface area contributed by atoms with Crippen molar-refractivity contribution < 1.29 is 23.5 Å². The van der Waals surface area contributed by atoms with Gasteiger partial charge in [-0.3, -0.25) is 9.69 Å². The van der Waals surface area contributed by atoms with E-state index in [4.69, 9.17) is 13.9 Å². The molecule has 0 spiro atoms. The maximum Gasteiger partial charge on any atom is 0.337 e. The molecule has 1 aliphatic rings. The van der Waals surface area contributed by atoms with E-state index in [0.717, 1.165) is 34.9 Å². The number of aromatic nitrogens is 1. The molecule has 2 heterocycles. The zero-order valence-electron chi connectivity index (χ0n) is 19.0. The maximum atomic E-state index is 12.7. The van der Waals surface area contributed by atoms with E-state index < -0.39 is 0 Å². The Morgan fingerprint density at radius 1 is 1.03 bits per heavy atom. The summed E-state index contributed by atoms with van der Waals surface area (Å²) in [7, 11) is 2.99. The molecule has 0 bridgehead atoms. The molecule has 8 heteroatoms. The van der Waals surface area contributed by atoms with Gasteiger partial charge in [-0.2, -0.15) is 0 Å². The Morgan fingerprint density at radius 3 is 2.39 bits per heavy atom. The van der Waals surface area contributed by atoms with Crippen molar-refractivity contribution in [1.29, 1.82) is 0 Å². The first-order valence-electron chi connectivity index (χ1n) is 10.7. The second-order valence-electron chi connectivity index (χ2n) is 7.96. The molecule has 0 aliphatic carbocycles. The zero-order valence-corrected chi connectivity index (χ0v) is 19.0. The van der Waals surface area contributed by atoms with Crippen molar-refractivity contribution >= 4 is 11.9 Å². The summed E-state index contributed by atoms with van der Waals surface area (Å²) in [4.78, 5) is 32.9. The van der Waals surface area contributed by atoms with Gasteiger partial charge in [0, 0.05) is 31.7 Å². The van der Waals surface area contributed by atoms with Crippen LogP contribution in [0.25, 0.3) is 11.5 Å². The first-order chi connectivity index (χ1) is 16.0. The van der Waals surface area contributed by atoms with E-state index in [1.807, 2.05) is 36.1 Å². The monoisotopic (exact) mass is 449 g/mol. The summed E-state index contributed by atoms with van der Waals surface area (Å²) in [6.45, 7) is 4.76. The number of nitrogens with zero attached hydrogens (tertiary/aromatic N) is 3. The first kappa shape index (κ1) is 22.5. The lowest BCUT2D eigenvalue weighted by Gasteiger charge is -2.34. The van der Waals surface area contributed by atoms with E-state index in [9.17, 15) is 9.59 Å². The fraction of sp³-hybridized carbons (Fsp3) is 0.320. The minimum absolute atomic E-state index is 0.0943. The summed E-state index contributed by atoms with van der Waals surface area (Å²) in [5.74, 6) is 1.72. The normalized spacial score (nSPS) is 14.4. The van der Waals surface area contributed by atoms with Crippen molar-refractivity contribution in [3.8, 4) is 17.2 Å². The molecule has 1 aliphatic heterocycles. The molecule has 172 valence electrons. The number of esters is 1. The van der Waals surface area contributed by atoms with Gasteiger partial charge >= 0.3 is 5.97 Å². The van der Waals surface area contributed by atoms with Gasteiger partial charge in [0.1, 0.15) is 11.5 Å². The molecule has 0 N–H and O–H groups in total. The van der Waals surface area contributed by atoms with Crippen molar-refractivity contribution in [3.63, 3.8) is 0 Å². The summed E-state index contributed by atoms with van der Waals surface area (Å²) in [6, 6.07) is 14.7. The van der Waals surface area contributed by atoms with Crippen LogP contribution in [0.5, 0.6) is 5.75 Å². The van der Waals surface area contributed by atoms with Crippen molar-refractivity contribution in [2.75, 3.05) is 33.9 Å². The van der Waals surface area contributed by atoms with Crippen molar-refractivity contribution in [2.24, 2.45) is 0 Å². The molecule has 1 fully saturated rings. The molecular weight excluding hydrogens is 422 g/mol. The van der Waals surface area contributed by atoms with Crippen LogP contribution in [0.3, 0.4) is 0 Å². The first-order valence-corrected chi connectivity index (χ1v) is 10.7. The van der Waals surface area contributed by atoms with Crippen molar-refractivity contribution in [1.82, 2.24) is 14.8 Å². The molecule has 0 saturated carbocycles. The SMILES string of the molecule is COC(=O)c1ccc(-c2nc(CN3CCN(Cc4ccc(OC)cc4)C(=O)C3)c(C)o2)cc1. The third-order valence-corrected chi connectivity index (χ3v) is 5.75. The van der Waals surface area contributed by atoms with Crippen LogP contribution in [0.4, 0.5) is 0 Å². The number of aryl methyl sites for hydroxylation is 1. The minimum atomic E-state index is -0.387. The average Bonchev–Trinajstić information content (AvgIpc) is 3.20. The number of carbonyl (C=O) groups excluding carboxylic acids is 2. The molecule has 0 atom stereocenters. The second-order valence-corrected chi connectivity index (χ2v) is 7.96. The Morgan fingerprint density at radius 2 is 1.76 bits per heavy atom. The summed E-state index contributed by atoms with van der Waals surface area (Å²) >= 11 is 0. The third kappa shape index (κ3) is 5.23. The van der Waals surface area contributed by atoms with Gasteiger partial charge in [0.15, 0.2) is 0 Å². The van der Waals surface area contributed by atoms with Crippen molar-refractivity contribution in [3.05, 3.63) is 71.1 Å². The summed E-state index contributed by atoms with van der Waals surface area (Å²) in [5, 5.41) is 0. The predicted octanol–water partition coefficient (Wildman–Crippen LogP) is 3.29. The average molecular weight is 450 g/mol. The van der Waals surface area contributed by atoms with Crippen LogP contribution >= 0.6 is 0 Å². The molecule has 8 nitrogen and oxygen atoms in total. The maximum absolute atomic E-state index is 12.7. The molecule has 4 rings (SSSR count). The van der Waals surface area contributed by atoms with Crippen LogP contribution in [0.15, 0.2) is 52.9 Å². The van der Waals surface area contributed by atoms with Gasteiger partial charge in [0.2, 0.25) is 11.8 Å². The van der Waals surface area contributed by atoms with E-state index in [1.165, 1.54) is 7.11 Å². The third-order valence-electron chi connectivity index (χ3n) is 5.75. The lowest BCUT2D eigenvalue weighted by atomic mass is 10.1. The zero-order chi connectivity index (χ0) is 23.4. The molecule has 33 heavy (non-hydrogen) atoms. The fourth-order valence-electron chi connectivity index (χ4n) is 3.79. The topological polar surface area (TPSA) is 85.1 Å². The summed E-state index contributed by atoms with van der Waals surface area (Å²) in [5.41, 5.74) is 3.12. The Hall–Kier alpha value is -3.65. The second kappa shape index (κ2) is 9.87. The highest BCUT2D eigenvalue weighted by molar-refractivity contribution is 5.89. The number of rotatable bonds is 7. The Labute approximate surface area is 192 Å². The Kier molecular flexibility index (Phi) is 6.74. The van der Waals surface area contributed by atoms with Gasteiger partial charge in [0.05, 0.1) is 32.0 Å². The highest BCUT2D eigenvalue weighted by atomic mass is 16.5. The highest BCUT2D eigenvalue weighted by Gasteiger charge is 2.25. The van der Waals surface area contributed by atoms with Gasteiger partial charge in [-0.15, -0.1) is 0 Å². The number of ether oxygens (including phenoxy) is 2. The molecular formula is C25H27N3O5. The number of methoxy groups -OCH3 is 2. The number of piperazine rings is 1. The molecule has 2 aromatic carbocycles. The lowest BCUT2D eigenvalue weighted by Crippen LogP contribution is -2.49. The van der Waals surface area contributed by atoms with Crippen LogP contribution in [0.2, 0.25) is 0 Å². The van der Waals surface area contributed by atoms with E-state index in [-0.39, 0.29) is 11.9 Å². The summed E-state index contributed by atoms with van der Waals surface area (Å²) < 4.78 is 15.8. The lowest BCUT2D eigenvalue weighted by molar-refractivity contribution is -0.136. The van der Waals surface area contributed by atoms with Gasteiger partial charge in [-0.1, -0.05) is 12.1 Å². The highest BCUT2D eigenvalue weighted by Crippen LogP contribution is 2.24. The van der Waals surface area contributed by atoms with Gasteiger partial charge in [0.25, 0.3) is 0 Å². The number of hydrogen-bond donors (Lipinski definition) is 0. The number of hydrogen-bond acceptors (Lipinski definition) is 7.